The van der Waals surface area contributed by atoms with Gasteiger partial charge < -0.3 is 14.4 Å². The molecule has 0 amide bonds. The van der Waals surface area contributed by atoms with E-state index in [0.29, 0.717) is 6.61 Å². The number of fused-ring (bicyclic) bond motifs is 1. The van der Waals surface area contributed by atoms with Gasteiger partial charge in [0, 0.05) is 37.2 Å². The number of pyridine rings is 1. The van der Waals surface area contributed by atoms with Crippen molar-refractivity contribution < 1.29 is 9.47 Å². The lowest BCUT2D eigenvalue weighted by Gasteiger charge is -2.41. The van der Waals surface area contributed by atoms with Crippen LogP contribution < -0.4 is 4.90 Å². The molecule has 0 radical (unpaired) electrons. The highest BCUT2D eigenvalue weighted by Gasteiger charge is 2.41. The third kappa shape index (κ3) is 2.18. The highest BCUT2D eigenvalue weighted by molar-refractivity contribution is 5.94. The summed E-state index contributed by atoms with van der Waals surface area (Å²) in [7, 11) is 0. The molecule has 0 saturated carbocycles. The predicted octanol–water partition coefficient (Wildman–Crippen LogP) is 2.85. The Hall–Kier alpha value is -1.65. The molecule has 0 aliphatic carbocycles. The highest BCUT2D eigenvalue weighted by atomic mass is 16.6. The van der Waals surface area contributed by atoms with Gasteiger partial charge >= 0.3 is 0 Å². The SMILES string of the molecule is Cc1nc2ccccc2c(N2CCOC3(CCOC3)C2)c1C. The van der Waals surface area contributed by atoms with E-state index in [4.69, 9.17) is 14.5 Å². The summed E-state index contributed by atoms with van der Waals surface area (Å²) in [5, 5.41) is 1.24. The summed E-state index contributed by atoms with van der Waals surface area (Å²) >= 11 is 0. The molecule has 2 aliphatic rings. The average Bonchev–Trinajstić information content (AvgIpc) is 2.96. The molecule has 3 heterocycles. The molecular formula is C18H22N2O2. The maximum absolute atomic E-state index is 6.08. The van der Waals surface area contributed by atoms with Crippen LogP contribution in [-0.2, 0) is 9.47 Å². The van der Waals surface area contributed by atoms with E-state index in [1.54, 1.807) is 0 Å². The molecule has 1 spiro atoms. The second-order valence-electron chi connectivity index (χ2n) is 6.44. The fraction of sp³-hybridized carbons (Fsp3) is 0.500. The molecule has 4 heteroatoms. The lowest BCUT2D eigenvalue weighted by atomic mass is 9.98. The van der Waals surface area contributed by atoms with Gasteiger partial charge in [0.05, 0.1) is 24.4 Å². The van der Waals surface area contributed by atoms with Crippen LogP contribution in [0.1, 0.15) is 17.7 Å². The fourth-order valence-electron chi connectivity index (χ4n) is 3.68. The van der Waals surface area contributed by atoms with Gasteiger partial charge in [-0.1, -0.05) is 18.2 Å². The van der Waals surface area contributed by atoms with Gasteiger partial charge in [0.15, 0.2) is 0 Å². The summed E-state index contributed by atoms with van der Waals surface area (Å²) in [6.07, 6.45) is 0.991. The Morgan fingerprint density at radius 1 is 1.18 bits per heavy atom. The first kappa shape index (κ1) is 14.0. The van der Waals surface area contributed by atoms with Crippen molar-refractivity contribution in [3.63, 3.8) is 0 Å². The number of hydrogen-bond donors (Lipinski definition) is 0. The Morgan fingerprint density at radius 3 is 2.86 bits per heavy atom. The minimum atomic E-state index is -0.122. The summed E-state index contributed by atoms with van der Waals surface area (Å²) in [4.78, 5) is 7.21. The second-order valence-corrected chi connectivity index (χ2v) is 6.44. The Labute approximate surface area is 131 Å². The predicted molar refractivity (Wildman–Crippen MR) is 87.5 cm³/mol. The van der Waals surface area contributed by atoms with E-state index in [9.17, 15) is 0 Å². The van der Waals surface area contributed by atoms with Gasteiger partial charge in [0.1, 0.15) is 5.60 Å². The summed E-state index contributed by atoms with van der Waals surface area (Å²) in [6.45, 7) is 8.39. The average molecular weight is 298 g/mol. The number of anilines is 1. The van der Waals surface area contributed by atoms with Crippen molar-refractivity contribution in [3.8, 4) is 0 Å². The zero-order valence-electron chi connectivity index (χ0n) is 13.3. The lowest BCUT2D eigenvalue weighted by Crippen LogP contribution is -2.52. The second kappa shape index (κ2) is 5.21. The number of hydrogen-bond acceptors (Lipinski definition) is 4. The zero-order chi connectivity index (χ0) is 15.2. The van der Waals surface area contributed by atoms with E-state index < -0.39 is 0 Å². The molecule has 116 valence electrons. The quantitative estimate of drug-likeness (QED) is 0.811. The lowest BCUT2D eigenvalue weighted by molar-refractivity contribution is -0.0579. The van der Waals surface area contributed by atoms with Gasteiger partial charge in [-0.2, -0.15) is 0 Å². The molecule has 22 heavy (non-hydrogen) atoms. The van der Waals surface area contributed by atoms with Crippen LogP contribution in [0.15, 0.2) is 24.3 Å². The van der Waals surface area contributed by atoms with Crippen LogP contribution in [0.2, 0.25) is 0 Å². The largest absolute Gasteiger partial charge is 0.378 e. The Balaban J connectivity index is 1.81. The number of aryl methyl sites for hydroxylation is 1. The van der Waals surface area contributed by atoms with Crippen LogP contribution in [0.5, 0.6) is 0 Å². The first-order chi connectivity index (χ1) is 10.7. The van der Waals surface area contributed by atoms with E-state index in [0.717, 1.165) is 43.9 Å². The minimum Gasteiger partial charge on any atom is -0.378 e. The summed E-state index contributed by atoms with van der Waals surface area (Å²) in [6, 6.07) is 8.42. The van der Waals surface area contributed by atoms with Gasteiger partial charge in [0.2, 0.25) is 0 Å². The molecule has 2 saturated heterocycles. The van der Waals surface area contributed by atoms with Crippen molar-refractivity contribution in [2.24, 2.45) is 0 Å². The van der Waals surface area contributed by atoms with Crippen LogP contribution in [-0.4, -0.2) is 43.5 Å². The number of ether oxygens (including phenoxy) is 2. The van der Waals surface area contributed by atoms with E-state index in [1.807, 2.05) is 0 Å². The molecular weight excluding hydrogens is 276 g/mol. The molecule has 0 N–H and O–H groups in total. The van der Waals surface area contributed by atoms with Crippen molar-refractivity contribution >= 4 is 16.6 Å². The monoisotopic (exact) mass is 298 g/mol. The minimum absolute atomic E-state index is 0.122. The van der Waals surface area contributed by atoms with Crippen molar-refractivity contribution in [2.45, 2.75) is 25.9 Å². The third-order valence-corrected chi connectivity index (χ3v) is 4.98. The molecule has 2 fully saturated rings. The number of morpholine rings is 1. The maximum Gasteiger partial charge on any atom is 0.111 e. The Kier molecular flexibility index (Phi) is 3.31. The van der Waals surface area contributed by atoms with Gasteiger partial charge in [-0.25, -0.2) is 0 Å². The van der Waals surface area contributed by atoms with Crippen molar-refractivity contribution in [1.82, 2.24) is 4.98 Å². The summed E-state index contributed by atoms with van der Waals surface area (Å²) in [5.41, 5.74) is 4.65. The molecule has 1 atom stereocenters. The molecule has 4 rings (SSSR count). The molecule has 1 aromatic carbocycles. The van der Waals surface area contributed by atoms with Crippen LogP contribution >= 0.6 is 0 Å². The zero-order valence-corrected chi connectivity index (χ0v) is 13.3. The normalized spacial score (nSPS) is 25.3. The Morgan fingerprint density at radius 2 is 2.05 bits per heavy atom. The fourth-order valence-corrected chi connectivity index (χ4v) is 3.68. The topological polar surface area (TPSA) is 34.6 Å². The molecule has 0 bridgehead atoms. The number of benzene rings is 1. The number of nitrogens with zero attached hydrogens (tertiary/aromatic N) is 2. The van der Waals surface area contributed by atoms with E-state index in [1.165, 1.54) is 16.6 Å². The smallest absolute Gasteiger partial charge is 0.111 e. The molecule has 1 unspecified atom stereocenters. The van der Waals surface area contributed by atoms with Gasteiger partial charge in [-0.15, -0.1) is 0 Å². The van der Waals surface area contributed by atoms with Gasteiger partial charge in [0.25, 0.3) is 0 Å². The van der Waals surface area contributed by atoms with Crippen LogP contribution in [0.25, 0.3) is 10.9 Å². The van der Waals surface area contributed by atoms with Crippen molar-refractivity contribution in [2.75, 3.05) is 37.8 Å². The Bertz CT molecular complexity index is 708. The molecule has 2 aromatic rings. The molecule has 4 nitrogen and oxygen atoms in total. The van der Waals surface area contributed by atoms with Crippen LogP contribution in [0.3, 0.4) is 0 Å². The van der Waals surface area contributed by atoms with Gasteiger partial charge in [-0.05, 0) is 25.5 Å². The van der Waals surface area contributed by atoms with E-state index >= 15 is 0 Å². The maximum atomic E-state index is 6.08. The standard InChI is InChI=1S/C18H22N2O2/c1-13-14(2)19-16-6-4-3-5-15(16)17(13)20-8-10-22-18(11-20)7-9-21-12-18/h3-6H,7-12H2,1-2H3. The van der Waals surface area contributed by atoms with Crippen molar-refractivity contribution in [3.05, 3.63) is 35.5 Å². The molecule has 2 aliphatic heterocycles. The van der Waals surface area contributed by atoms with Crippen LogP contribution in [0.4, 0.5) is 5.69 Å². The highest BCUT2D eigenvalue weighted by Crippen LogP contribution is 2.36. The molecule has 1 aromatic heterocycles. The third-order valence-electron chi connectivity index (χ3n) is 4.98. The van der Waals surface area contributed by atoms with E-state index in [-0.39, 0.29) is 5.60 Å². The number of rotatable bonds is 1. The first-order valence-corrected chi connectivity index (χ1v) is 8.01. The number of aromatic nitrogens is 1. The van der Waals surface area contributed by atoms with Crippen molar-refractivity contribution in [1.29, 1.82) is 0 Å². The summed E-state index contributed by atoms with van der Waals surface area (Å²) < 4.78 is 11.7. The summed E-state index contributed by atoms with van der Waals surface area (Å²) in [5.74, 6) is 0. The number of para-hydroxylation sites is 1. The van der Waals surface area contributed by atoms with Gasteiger partial charge in [-0.3, -0.25) is 4.98 Å². The van der Waals surface area contributed by atoms with E-state index in [2.05, 4.69) is 43.0 Å². The van der Waals surface area contributed by atoms with Crippen LogP contribution in [0, 0.1) is 13.8 Å². The first-order valence-electron chi connectivity index (χ1n) is 8.01.